The van der Waals surface area contributed by atoms with Crippen LogP contribution in [0.4, 0.5) is 0 Å². The quantitative estimate of drug-likeness (QED) is 0.666. The molecule has 0 aromatic rings. The Hall–Kier alpha value is -0.420. The number of amides is 1. The fraction of sp³-hybridized carbons (Fsp3) is 0.923. The fourth-order valence-electron chi connectivity index (χ4n) is 1.84. The zero-order valence-corrected chi connectivity index (χ0v) is 12.9. The van der Waals surface area contributed by atoms with Crippen LogP contribution in [0.2, 0.25) is 0 Å². The van der Waals surface area contributed by atoms with Crippen LogP contribution in [0, 0.1) is 11.8 Å². The summed E-state index contributed by atoms with van der Waals surface area (Å²) in [4.78, 5) is 11.7. The van der Waals surface area contributed by atoms with E-state index in [1.165, 1.54) is 0 Å². The first-order valence-electron chi connectivity index (χ1n) is 6.65. The highest BCUT2D eigenvalue weighted by atomic mass is 32.2. The largest absolute Gasteiger partial charge is 0.356 e. The molecule has 0 rings (SSSR count). The summed E-state index contributed by atoms with van der Waals surface area (Å²) in [5.74, 6) is 0.886. The molecule has 0 saturated heterocycles. The zero-order valence-electron chi connectivity index (χ0n) is 12.1. The van der Waals surface area contributed by atoms with E-state index in [1.807, 2.05) is 6.92 Å². The summed E-state index contributed by atoms with van der Waals surface area (Å²) < 4.78 is 11.1. The second-order valence-electron chi connectivity index (χ2n) is 5.38. The van der Waals surface area contributed by atoms with E-state index in [9.17, 15) is 9.00 Å². The van der Waals surface area contributed by atoms with E-state index in [2.05, 4.69) is 19.2 Å². The van der Waals surface area contributed by atoms with Crippen molar-refractivity contribution in [3.8, 4) is 0 Å². The van der Waals surface area contributed by atoms with Crippen LogP contribution in [-0.2, 0) is 15.6 Å². The van der Waals surface area contributed by atoms with Gasteiger partial charge in [-0.05, 0) is 31.2 Å². The predicted molar refractivity (Wildman–Crippen MR) is 77.8 cm³/mol. The second-order valence-corrected chi connectivity index (χ2v) is 7.19. The van der Waals surface area contributed by atoms with Gasteiger partial charge in [0.1, 0.15) is 0 Å². The van der Waals surface area contributed by atoms with E-state index in [0.29, 0.717) is 25.4 Å². The van der Waals surface area contributed by atoms with Crippen molar-refractivity contribution >= 4 is 16.7 Å². The van der Waals surface area contributed by atoms with Crippen molar-refractivity contribution in [2.45, 2.75) is 45.3 Å². The highest BCUT2D eigenvalue weighted by molar-refractivity contribution is 7.84. The van der Waals surface area contributed by atoms with Gasteiger partial charge >= 0.3 is 0 Å². The normalized spacial score (nSPS) is 16.3. The summed E-state index contributed by atoms with van der Waals surface area (Å²) in [6.07, 6.45) is 3.93. The Morgan fingerprint density at radius 1 is 1.33 bits per heavy atom. The first-order chi connectivity index (χ1) is 8.36. The summed E-state index contributed by atoms with van der Waals surface area (Å²) in [7, 11) is -0.816. The van der Waals surface area contributed by atoms with Gasteiger partial charge in [0.25, 0.3) is 0 Å². The monoisotopic (exact) mass is 276 g/mol. The van der Waals surface area contributed by atoms with Crippen molar-refractivity contribution in [1.29, 1.82) is 0 Å². The number of carbonyl (C=O) groups is 1. The SMILES string of the molecule is CC(C)CC(CN)CC(=O)NCCC(C)S(C)=O. The van der Waals surface area contributed by atoms with E-state index < -0.39 is 10.8 Å². The Morgan fingerprint density at radius 3 is 2.39 bits per heavy atom. The van der Waals surface area contributed by atoms with E-state index in [1.54, 1.807) is 6.26 Å². The molecule has 18 heavy (non-hydrogen) atoms. The number of carbonyl (C=O) groups excluding carboxylic acids is 1. The van der Waals surface area contributed by atoms with Crippen molar-refractivity contribution < 1.29 is 9.00 Å². The fourth-order valence-corrected chi connectivity index (χ4v) is 2.29. The lowest BCUT2D eigenvalue weighted by Crippen LogP contribution is -2.31. The molecule has 0 aliphatic carbocycles. The van der Waals surface area contributed by atoms with Crippen LogP contribution in [-0.4, -0.2) is 34.7 Å². The summed E-state index contributed by atoms with van der Waals surface area (Å²) in [5, 5.41) is 3.01. The standard InChI is InChI=1S/C13H28N2O2S/c1-10(2)7-12(9-14)8-13(16)15-6-5-11(3)18(4)17/h10-12H,5-9,14H2,1-4H3,(H,15,16). The van der Waals surface area contributed by atoms with Gasteiger partial charge in [0, 0.05) is 35.3 Å². The topological polar surface area (TPSA) is 72.2 Å². The molecule has 0 saturated carbocycles. The number of hydrogen-bond donors (Lipinski definition) is 2. The highest BCUT2D eigenvalue weighted by Crippen LogP contribution is 2.13. The highest BCUT2D eigenvalue weighted by Gasteiger charge is 2.14. The average Bonchev–Trinajstić information content (AvgIpc) is 2.27. The van der Waals surface area contributed by atoms with Crippen LogP contribution in [0.1, 0.15) is 40.0 Å². The lowest BCUT2D eigenvalue weighted by Gasteiger charge is -2.17. The molecular weight excluding hydrogens is 248 g/mol. The third kappa shape index (κ3) is 8.64. The average molecular weight is 276 g/mol. The van der Waals surface area contributed by atoms with Crippen LogP contribution in [0.3, 0.4) is 0 Å². The van der Waals surface area contributed by atoms with Gasteiger partial charge in [-0.15, -0.1) is 0 Å². The van der Waals surface area contributed by atoms with Crippen molar-refractivity contribution in [2.75, 3.05) is 19.3 Å². The zero-order chi connectivity index (χ0) is 14.1. The van der Waals surface area contributed by atoms with Crippen molar-refractivity contribution in [1.82, 2.24) is 5.32 Å². The van der Waals surface area contributed by atoms with Crippen LogP contribution in [0.15, 0.2) is 0 Å². The predicted octanol–water partition coefficient (Wildman–Crippen LogP) is 1.27. The molecule has 3 atom stereocenters. The minimum atomic E-state index is -0.816. The summed E-state index contributed by atoms with van der Waals surface area (Å²) in [5.41, 5.74) is 5.67. The van der Waals surface area contributed by atoms with Crippen LogP contribution < -0.4 is 11.1 Å². The molecule has 3 unspecified atom stereocenters. The van der Waals surface area contributed by atoms with Crippen LogP contribution in [0.25, 0.3) is 0 Å². The summed E-state index contributed by atoms with van der Waals surface area (Å²) in [6.45, 7) is 7.36. The first-order valence-corrected chi connectivity index (χ1v) is 8.27. The molecule has 3 N–H and O–H groups in total. The molecule has 0 aliphatic rings. The van der Waals surface area contributed by atoms with Gasteiger partial charge in [0.05, 0.1) is 0 Å². The molecule has 0 aromatic heterocycles. The number of nitrogens with one attached hydrogen (secondary N) is 1. The molecule has 1 amide bonds. The van der Waals surface area contributed by atoms with Crippen LogP contribution >= 0.6 is 0 Å². The Morgan fingerprint density at radius 2 is 1.94 bits per heavy atom. The van der Waals surface area contributed by atoms with Gasteiger partial charge in [0.15, 0.2) is 0 Å². The summed E-state index contributed by atoms with van der Waals surface area (Å²) in [6, 6.07) is 0. The molecule has 0 spiro atoms. The molecule has 0 aliphatic heterocycles. The Labute approximate surface area is 114 Å². The Kier molecular flexibility index (Phi) is 9.28. The summed E-state index contributed by atoms with van der Waals surface area (Å²) >= 11 is 0. The van der Waals surface area contributed by atoms with Crippen molar-refractivity contribution in [3.63, 3.8) is 0 Å². The van der Waals surface area contributed by atoms with E-state index in [0.717, 1.165) is 12.8 Å². The smallest absolute Gasteiger partial charge is 0.220 e. The number of nitrogens with two attached hydrogens (primary N) is 1. The minimum Gasteiger partial charge on any atom is -0.356 e. The third-order valence-corrected chi connectivity index (χ3v) is 4.42. The van der Waals surface area contributed by atoms with Gasteiger partial charge in [-0.1, -0.05) is 20.8 Å². The molecule has 108 valence electrons. The maximum absolute atomic E-state index is 11.7. The maximum atomic E-state index is 11.7. The van der Waals surface area contributed by atoms with Gasteiger partial charge in [-0.25, -0.2) is 0 Å². The first kappa shape index (κ1) is 17.6. The molecule has 0 aromatic carbocycles. The van der Waals surface area contributed by atoms with E-state index >= 15 is 0 Å². The van der Waals surface area contributed by atoms with Gasteiger partial charge in [-0.2, -0.15) is 0 Å². The maximum Gasteiger partial charge on any atom is 0.220 e. The van der Waals surface area contributed by atoms with Gasteiger partial charge in [-0.3, -0.25) is 9.00 Å². The third-order valence-electron chi connectivity index (χ3n) is 3.05. The molecule has 0 fully saturated rings. The number of hydrogen-bond acceptors (Lipinski definition) is 3. The van der Waals surface area contributed by atoms with Gasteiger partial charge in [0.2, 0.25) is 5.91 Å². The lowest BCUT2D eigenvalue weighted by atomic mass is 9.94. The van der Waals surface area contributed by atoms with Crippen LogP contribution in [0.5, 0.6) is 0 Å². The minimum absolute atomic E-state index is 0.0557. The molecule has 0 bridgehead atoms. The molecule has 0 radical (unpaired) electrons. The number of rotatable bonds is 9. The Bertz CT molecular complexity index is 270. The van der Waals surface area contributed by atoms with Crippen molar-refractivity contribution in [3.05, 3.63) is 0 Å². The molecule has 4 nitrogen and oxygen atoms in total. The van der Waals surface area contributed by atoms with Crippen molar-refractivity contribution in [2.24, 2.45) is 17.6 Å². The second kappa shape index (κ2) is 9.50. The van der Waals surface area contributed by atoms with E-state index in [-0.39, 0.29) is 17.1 Å². The van der Waals surface area contributed by atoms with E-state index in [4.69, 9.17) is 5.73 Å². The molecule has 0 heterocycles. The molecular formula is C13H28N2O2S. The lowest BCUT2D eigenvalue weighted by molar-refractivity contribution is -0.122. The Balaban J connectivity index is 3.85. The van der Waals surface area contributed by atoms with Gasteiger partial charge < -0.3 is 11.1 Å². The molecule has 5 heteroatoms.